The second-order valence-corrected chi connectivity index (χ2v) is 3.37. The van der Waals surface area contributed by atoms with Crippen LogP contribution in [0.25, 0.3) is 0 Å². The molecule has 1 aromatic heterocycles. The van der Waals surface area contributed by atoms with Gasteiger partial charge in [-0.25, -0.2) is 4.98 Å². The SMILES string of the molecule is CN(CCC#N)c1cc(C#N)cc(Cl)n1. The van der Waals surface area contributed by atoms with Gasteiger partial charge in [0.1, 0.15) is 11.0 Å². The molecule has 0 aliphatic heterocycles. The molecule has 15 heavy (non-hydrogen) atoms. The van der Waals surface area contributed by atoms with Gasteiger partial charge in [-0.3, -0.25) is 0 Å². The summed E-state index contributed by atoms with van der Waals surface area (Å²) in [5.74, 6) is 0.606. The van der Waals surface area contributed by atoms with Crippen molar-refractivity contribution in [1.29, 1.82) is 10.5 Å². The van der Waals surface area contributed by atoms with Crippen LogP contribution in [-0.2, 0) is 0 Å². The van der Waals surface area contributed by atoms with Gasteiger partial charge in [0.05, 0.1) is 24.1 Å². The molecule has 4 nitrogen and oxygen atoms in total. The van der Waals surface area contributed by atoms with E-state index >= 15 is 0 Å². The zero-order chi connectivity index (χ0) is 11.3. The Hall–Kier alpha value is -1.78. The van der Waals surface area contributed by atoms with Gasteiger partial charge < -0.3 is 4.90 Å². The first kappa shape index (κ1) is 11.3. The van der Waals surface area contributed by atoms with Crippen LogP contribution in [0.1, 0.15) is 12.0 Å². The number of nitriles is 2. The van der Waals surface area contributed by atoms with Gasteiger partial charge in [0, 0.05) is 13.6 Å². The summed E-state index contributed by atoms with van der Waals surface area (Å²) in [5, 5.41) is 17.5. The second-order valence-electron chi connectivity index (χ2n) is 2.98. The number of hydrogen-bond donors (Lipinski definition) is 0. The number of aromatic nitrogens is 1. The highest BCUT2D eigenvalue weighted by atomic mass is 35.5. The first-order valence-corrected chi connectivity index (χ1v) is 4.71. The van der Waals surface area contributed by atoms with Crippen LogP contribution in [-0.4, -0.2) is 18.6 Å². The summed E-state index contributed by atoms with van der Waals surface area (Å²) in [6.45, 7) is 0.564. The van der Waals surface area contributed by atoms with Crippen molar-refractivity contribution >= 4 is 17.4 Å². The molecule has 0 aromatic carbocycles. The number of anilines is 1. The summed E-state index contributed by atoms with van der Waals surface area (Å²) in [7, 11) is 1.80. The third kappa shape index (κ3) is 3.12. The van der Waals surface area contributed by atoms with Crippen LogP contribution in [0.5, 0.6) is 0 Å². The Labute approximate surface area is 93.3 Å². The van der Waals surface area contributed by atoms with Crippen molar-refractivity contribution in [2.24, 2.45) is 0 Å². The minimum atomic E-state index is 0.285. The van der Waals surface area contributed by atoms with Crippen LogP contribution in [0.15, 0.2) is 12.1 Å². The lowest BCUT2D eigenvalue weighted by Crippen LogP contribution is -2.19. The molecule has 0 spiro atoms. The number of halogens is 1. The van der Waals surface area contributed by atoms with Crippen LogP contribution in [0, 0.1) is 22.7 Å². The van der Waals surface area contributed by atoms with Crippen molar-refractivity contribution < 1.29 is 0 Å². The lowest BCUT2D eigenvalue weighted by molar-refractivity contribution is 0.884. The molecule has 1 heterocycles. The van der Waals surface area contributed by atoms with Gasteiger partial charge in [0.25, 0.3) is 0 Å². The molecule has 0 saturated heterocycles. The highest BCUT2D eigenvalue weighted by Crippen LogP contribution is 2.16. The fourth-order valence-electron chi connectivity index (χ4n) is 1.08. The van der Waals surface area contributed by atoms with E-state index in [9.17, 15) is 0 Å². The van der Waals surface area contributed by atoms with E-state index in [0.717, 1.165) is 0 Å². The molecule has 0 aliphatic carbocycles. The smallest absolute Gasteiger partial charge is 0.132 e. The van der Waals surface area contributed by atoms with E-state index in [0.29, 0.717) is 24.3 Å². The molecule has 1 aromatic rings. The largest absolute Gasteiger partial charge is 0.359 e. The first-order valence-electron chi connectivity index (χ1n) is 4.33. The van der Waals surface area contributed by atoms with Gasteiger partial charge in [-0.1, -0.05) is 11.6 Å². The number of nitrogens with zero attached hydrogens (tertiary/aromatic N) is 4. The molecule has 0 unspecified atom stereocenters. The van der Waals surface area contributed by atoms with Crippen molar-refractivity contribution in [3.63, 3.8) is 0 Å². The topological polar surface area (TPSA) is 63.7 Å². The molecule has 0 radical (unpaired) electrons. The van der Waals surface area contributed by atoms with Gasteiger partial charge in [0.2, 0.25) is 0 Å². The predicted molar refractivity (Wildman–Crippen MR) is 57.5 cm³/mol. The monoisotopic (exact) mass is 220 g/mol. The normalized spacial score (nSPS) is 9.07. The summed E-state index contributed by atoms with van der Waals surface area (Å²) in [4.78, 5) is 5.85. The van der Waals surface area contributed by atoms with E-state index in [1.165, 1.54) is 6.07 Å². The lowest BCUT2D eigenvalue weighted by atomic mass is 10.3. The molecule has 5 heteroatoms. The molecule has 0 bridgehead atoms. The van der Waals surface area contributed by atoms with E-state index < -0.39 is 0 Å². The summed E-state index contributed by atoms with van der Waals surface area (Å²) in [5.41, 5.74) is 0.466. The van der Waals surface area contributed by atoms with E-state index in [1.54, 1.807) is 18.0 Å². The standard InChI is InChI=1S/C10H9ClN4/c1-15(4-2-3-12)10-6-8(7-13)5-9(11)14-10/h5-6H,2,4H2,1H3. The molecule has 0 amide bonds. The Morgan fingerprint density at radius 3 is 2.80 bits per heavy atom. The van der Waals surface area contributed by atoms with Crippen LogP contribution < -0.4 is 4.90 Å². The van der Waals surface area contributed by atoms with E-state index in [2.05, 4.69) is 4.98 Å². The van der Waals surface area contributed by atoms with E-state index in [-0.39, 0.29) is 5.15 Å². The van der Waals surface area contributed by atoms with E-state index in [4.69, 9.17) is 22.1 Å². The average Bonchev–Trinajstić information content (AvgIpc) is 2.24. The van der Waals surface area contributed by atoms with Crippen LogP contribution in [0.3, 0.4) is 0 Å². The van der Waals surface area contributed by atoms with Gasteiger partial charge in [0.15, 0.2) is 0 Å². The molecule has 76 valence electrons. The minimum absolute atomic E-state index is 0.285. The minimum Gasteiger partial charge on any atom is -0.359 e. The summed E-state index contributed by atoms with van der Waals surface area (Å²) in [6, 6.07) is 7.19. The average molecular weight is 221 g/mol. The molecule has 1 rings (SSSR count). The molecule has 0 aliphatic rings. The number of rotatable bonds is 3. The van der Waals surface area contributed by atoms with Crippen molar-refractivity contribution in [3.05, 3.63) is 22.8 Å². The zero-order valence-corrected chi connectivity index (χ0v) is 8.99. The molecule has 0 saturated carbocycles. The molecule has 0 fully saturated rings. The van der Waals surface area contributed by atoms with Crippen LogP contribution >= 0.6 is 11.6 Å². The highest BCUT2D eigenvalue weighted by Gasteiger charge is 2.05. The Balaban J connectivity index is 2.90. The number of pyridine rings is 1. The Morgan fingerprint density at radius 2 is 2.20 bits per heavy atom. The summed E-state index contributed by atoms with van der Waals surface area (Å²) >= 11 is 5.75. The van der Waals surface area contributed by atoms with Crippen LogP contribution in [0.2, 0.25) is 5.15 Å². The second kappa shape index (κ2) is 5.19. The van der Waals surface area contributed by atoms with Crippen molar-refractivity contribution in [1.82, 2.24) is 4.98 Å². The van der Waals surface area contributed by atoms with Gasteiger partial charge in [-0.2, -0.15) is 10.5 Å². The molecule has 0 N–H and O–H groups in total. The van der Waals surface area contributed by atoms with Crippen molar-refractivity contribution in [2.75, 3.05) is 18.5 Å². The van der Waals surface area contributed by atoms with Crippen molar-refractivity contribution in [3.8, 4) is 12.1 Å². The summed E-state index contributed by atoms with van der Waals surface area (Å²) in [6.07, 6.45) is 0.409. The Morgan fingerprint density at radius 1 is 1.47 bits per heavy atom. The maximum absolute atomic E-state index is 8.74. The third-order valence-electron chi connectivity index (χ3n) is 1.86. The summed E-state index contributed by atoms with van der Waals surface area (Å²) < 4.78 is 0. The van der Waals surface area contributed by atoms with Gasteiger partial charge in [-0.05, 0) is 12.1 Å². The molecular weight excluding hydrogens is 212 g/mol. The lowest BCUT2D eigenvalue weighted by Gasteiger charge is -2.16. The maximum Gasteiger partial charge on any atom is 0.132 e. The first-order chi connectivity index (χ1) is 7.17. The van der Waals surface area contributed by atoms with Crippen molar-refractivity contribution in [2.45, 2.75) is 6.42 Å². The molecule has 0 atom stereocenters. The Kier molecular flexibility index (Phi) is 3.91. The van der Waals surface area contributed by atoms with E-state index in [1.807, 2.05) is 12.1 Å². The van der Waals surface area contributed by atoms with Gasteiger partial charge in [-0.15, -0.1) is 0 Å². The zero-order valence-electron chi connectivity index (χ0n) is 8.24. The number of hydrogen-bond acceptors (Lipinski definition) is 4. The Bertz CT molecular complexity index is 430. The predicted octanol–water partition coefficient (Wildman–Crippen LogP) is 1.96. The van der Waals surface area contributed by atoms with Gasteiger partial charge >= 0.3 is 0 Å². The molecular formula is C10H9ClN4. The third-order valence-corrected chi connectivity index (χ3v) is 2.05. The quantitative estimate of drug-likeness (QED) is 0.731. The fourth-order valence-corrected chi connectivity index (χ4v) is 1.28. The fraction of sp³-hybridized carbons (Fsp3) is 0.300. The van der Waals surface area contributed by atoms with Crippen LogP contribution in [0.4, 0.5) is 5.82 Å². The highest BCUT2D eigenvalue weighted by molar-refractivity contribution is 6.29. The maximum atomic E-state index is 8.74.